The molecular weight excluding hydrogens is 304 g/mol. The number of aromatic hydroxyl groups is 1. The third-order valence-electron chi connectivity index (χ3n) is 5.87. The average molecular weight is 345 g/mol. The summed E-state index contributed by atoms with van der Waals surface area (Å²) in [6, 6.07) is 6.39. The Morgan fingerprint density at radius 2 is 1.60 bits per heavy atom. The molecule has 1 N–H and O–H groups in total. The van der Waals surface area contributed by atoms with Crippen LogP contribution in [0.2, 0.25) is 0 Å². The van der Waals surface area contributed by atoms with Gasteiger partial charge in [-0.2, -0.15) is 0 Å². The highest BCUT2D eigenvalue weighted by atomic mass is 16.3. The molecule has 1 aromatic rings. The maximum absolute atomic E-state index is 10.3. The van der Waals surface area contributed by atoms with E-state index in [1.165, 1.54) is 69.8 Å². The Morgan fingerprint density at radius 3 is 2.24 bits per heavy atom. The minimum atomic E-state index is 0.445. The number of aryl methyl sites for hydroxylation is 2. The molecule has 0 spiro atoms. The number of phenolic OH excluding ortho intramolecular Hbond substituents is 1. The van der Waals surface area contributed by atoms with Crippen LogP contribution in [0.5, 0.6) is 5.75 Å². The summed E-state index contributed by atoms with van der Waals surface area (Å²) in [6.07, 6.45) is 15.4. The predicted molar refractivity (Wildman–Crippen MR) is 109 cm³/mol. The summed E-state index contributed by atoms with van der Waals surface area (Å²) in [6.45, 7) is 9.35. The van der Waals surface area contributed by atoms with Gasteiger partial charge in [-0.25, -0.2) is 0 Å². The van der Waals surface area contributed by atoms with E-state index in [0.717, 1.165) is 18.4 Å². The monoisotopic (exact) mass is 344 g/mol. The van der Waals surface area contributed by atoms with Gasteiger partial charge in [0.2, 0.25) is 0 Å². The Kier molecular flexibility index (Phi) is 7.40. The average Bonchev–Trinajstić information content (AvgIpc) is 3.25. The zero-order valence-electron chi connectivity index (χ0n) is 17.2. The second-order valence-corrected chi connectivity index (χ2v) is 9.96. The highest BCUT2D eigenvalue weighted by Crippen LogP contribution is 2.49. The van der Waals surface area contributed by atoms with Gasteiger partial charge in [0, 0.05) is 0 Å². The van der Waals surface area contributed by atoms with Gasteiger partial charge in [0.05, 0.1) is 0 Å². The van der Waals surface area contributed by atoms with Crippen molar-refractivity contribution in [3.63, 3.8) is 0 Å². The third-order valence-corrected chi connectivity index (χ3v) is 5.87. The summed E-state index contributed by atoms with van der Waals surface area (Å²) < 4.78 is 0. The molecule has 1 aromatic carbocycles. The first-order valence-electron chi connectivity index (χ1n) is 10.6. The van der Waals surface area contributed by atoms with Crippen molar-refractivity contribution in [2.24, 2.45) is 10.8 Å². The molecule has 0 unspecified atom stereocenters. The van der Waals surface area contributed by atoms with Gasteiger partial charge in [-0.1, -0.05) is 65.5 Å². The minimum absolute atomic E-state index is 0.445. The molecule has 1 aliphatic rings. The van der Waals surface area contributed by atoms with Crippen molar-refractivity contribution in [1.29, 1.82) is 0 Å². The van der Waals surface area contributed by atoms with Crippen molar-refractivity contribution < 1.29 is 5.11 Å². The van der Waals surface area contributed by atoms with Crippen molar-refractivity contribution in [2.45, 2.75) is 105 Å². The Morgan fingerprint density at radius 1 is 0.920 bits per heavy atom. The fourth-order valence-electron chi connectivity index (χ4n) is 3.64. The van der Waals surface area contributed by atoms with Gasteiger partial charge in [0.1, 0.15) is 5.75 Å². The van der Waals surface area contributed by atoms with Crippen LogP contribution in [-0.2, 0) is 12.8 Å². The maximum Gasteiger partial charge on any atom is 0.119 e. The van der Waals surface area contributed by atoms with E-state index in [4.69, 9.17) is 0 Å². The molecule has 0 amide bonds. The molecule has 1 fully saturated rings. The second-order valence-electron chi connectivity index (χ2n) is 9.96. The van der Waals surface area contributed by atoms with E-state index >= 15 is 0 Å². The number of hydrogen-bond donors (Lipinski definition) is 1. The van der Waals surface area contributed by atoms with Crippen LogP contribution in [0, 0.1) is 10.8 Å². The summed E-state index contributed by atoms with van der Waals surface area (Å²) >= 11 is 0. The number of hydrogen-bond acceptors (Lipinski definition) is 1. The first-order chi connectivity index (χ1) is 11.8. The normalized spacial score (nSPS) is 16.2. The lowest BCUT2D eigenvalue weighted by atomic mass is 9.89. The lowest BCUT2D eigenvalue weighted by molar-refractivity contribution is 0.358. The zero-order valence-corrected chi connectivity index (χ0v) is 17.2. The molecule has 2 rings (SSSR count). The lowest BCUT2D eigenvalue weighted by Crippen LogP contribution is -2.04. The van der Waals surface area contributed by atoms with Crippen LogP contribution in [0.1, 0.15) is 103 Å². The molecule has 1 nitrogen and oxygen atoms in total. The number of rotatable bonds is 11. The molecule has 0 radical (unpaired) electrons. The van der Waals surface area contributed by atoms with Gasteiger partial charge >= 0.3 is 0 Å². The maximum atomic E-state index is 10.3. The molecule has 1 saturated carbocycles. The van der Waals surface area contributed by atoms with Crippen LogP contribution >= 0.6 is 0 Å². The summed E-state index contributed by atoms with van der Waals surface area (Å²) in [5.41, 5.74) is 3.57. The Balaban J connectivity index is 1.62. The highest BCUT2D eigenvalue weighted by Gasteiger charge is 2.35. The quantitative estimate of drug-likeness (QED) is 0.413. The number of phenols is 1. The second kappa shape index (κ2) is 9.10. The zero-order chi connectivity index (χ0) is 18.3. The van der Waals surface area contributed by atoms with E-state index < -0.39 is 0 Å². The van der Waals surface area contributed by atoms with Crippen LogP contribution in [0.4, 0.5) is 0 Å². The molecule has 25 heavy (non-hydrogen) atoms. The number of unbranched alkanes of at least 4 members (excludes halogenated alkanes) is 4. The summed E-state index contributed by atoms with van der Waals surface area (Å²) in [5, 5.41) is 10.3. The Labute approximate surface area is 156 Å². The van der Waals surface area contributed by atoms with E-state index in [9.17, 15) is 5.11 Å². The van der Waals surface area contributed by atoms with Gasteiger partial charge in [-0.15, -0.1) is 0 Å². The topological polar surface area (TPSA) is 20.2 Å². The summed E-state index contributed by atoms with van der Waals surface area (Å²) in [5.74, 6) is 0.513. The fourth-order valence-corrected chi connectivity index (χ4v) is 3.64. The van der Waals surface area contributed by atoms with Crippen molar-refractivity contribution in [3.8, 4) is 5.75 Å². The van der Waals surface area contributed by atoms with E-state index in [2.05, 4.69) is 39.8 Å². The molecule has 142 valence electrons. The molecule has 0 saturated heterocycles. The molecule has 0 heterocycles. The number of benzene rings is 1. The van der Waals surface area contributed by atoms with Crippen LogP contribution in [0.15, 0.2) is 18.2 Å². The SMILES string of the molecule is CC(C)(C)CCCCCc1ccc(CCCCCC2(C)CC2)cc1O. The summed E-state index contributed by atoms with van der Waals surface area (Å²) in [7, 11) is 0. The fraction of sp³-hybridized carbons (Fsp3) is 0.750. The first-order valence-corrected chi connectivity index (χ1v) is 10.6. The lowest BCUT2D eigenvalue weighted by Gasteiger charge is -2.17. The Hall–Kier alpha value is -0.980. The smallest absolute Gasteiger partial charge is 0.119 e. The highest BCUT2D eigenvalue weighted by molar-refractivity contribution is 5.36. The minimum Gasteiger partial charge on any atom is -0.508 e. The van der Waals surface area contributed by atoms with Crippen molar-refractivity contribution >= 4 is 0 Å². The van der Waals surface area contributed by atoms with Crippen molar-refractivity contribution in [3.05, 3.63) is 29.3 Å². The molecular formula is C24H40O. The van der Waals surface area contributed by atoms with Gasteiger partial charge in [-0.05, 0) is 79.4 Å². The predicted octanol–water partition coefficient (Wildman–Crippen LogP) is 7.44. The standard InChI is InChI=1S/C24H40O/c1-23(2,3)15-9-6-8-12-21-14-13-20(19-22(21)25)11-7-5-10-16-24(4)17-18-24/h13-14,19,25H,5-12,15-18H2,1-4H3. The van der Waals surface area contributed by atoms with Gasteiger partial charge in [-0.3, -0.25) is 0 Å². The van der Waals surface area contributed by atoms with Crippen LogP contribution in [-0.4, -0.2) is 5.11 Å². The van der Waals surface area contributed by atoms with Crippen molar-refractivity contribution in [2.75, 3.05) is 0 Å². The van der Waals surface area contributed by atoms with E-state index in [1.54, 1.807) is 0 Å². The molecule has 0 bridgehead atoms. The summed E-state index contributed by atoms with van der Waals surface area (Å²) in [4.78, 5) is 0. The van der Waals surface area contributed by atoms with E-state index in [-0.39, 0.29) is 0 Å². The van der Waals surface area contributed by atoms with Crippen molar-refractivity contribution in [1.82, 2.24) is 0 Å². The van der Waals surface area contributed by atoms with Gasteiger partial charge in [0.25, 0.3) is 0 Å². The van der Waals surface area contributed by atoms with Crippen LogP contribution in [0.3, 0.4) is 0 Å². The van der Waals surface area contributed by atoms with E-state index in [0.29, 0.717) is 16.6 Å². The van der Waals surface area contributed by atoms with Gasteiger partial charge < -0.3 is 5.11 Å². The van der Waals surface area contributed by atoms with Gasteiger partial charge in [0.15, 0.2) is 0 Å². The largest absolute Gasteiger partial charge is 0.508 e. The third kappa shape index (κ3) is 8.29. The van der Waals surface area contributed by atoms with Crippen LogP contribution < -0.4 is 0 Å². The Bertz CT molecular complexity index is 519. The molecule has 1 heteroatoms. The molecule has 1 aliphatic carbocycles. The molecule has 0 aliphatic heterocycles. The van der Waals surface area contributed by atoms with E-state index in [1.807, 2.05) is 6.07 Å². The molecule has 0 aromatic heterocycles. The first kappa shape index (κ1) is 20.3. The van der Waals surface area contributed by atoms with Crippen LogP contribution in [0.25, 0.3) is 0 Å². The molecule has 0 atom stereocenters.